The summed E-state index contributed by atoms with van der Waals surface area (Å²) in [6, 6.07) is 9.13. The van der Waals surface area contributed by atoms with Crippen LogP contribution in [0.3, 0.4) is 0 Å². The van der Waals surface area contributed by atoms with Crippen molar-refractivity contribution < 1.29 is 9.13 Å². The molecule has 0 unspecified atom stereocenters. The Morgan fingerprint density at radius 3 is 2.79 bits per heavy atom. The number of aromatic nitrogens is 2. The lowest BCUT2D eigenvalue weighted by Crippen LogP contribution is -2.41. The van der Waals surface area contributed by atoms with E-state index in [4.69, 9.17) is 16.3 Å². The number of anilines is 3. The number of rotatable bonds is 5. The van der Waals surface area contributed by atoms with Crippen LogP contribution in [0.5, 0.6) is 5.75 Å². The summed E-state index contributed by atoms with van der Waals surface area (Å²) in [7, 11) is 3.73. The first-order chi connectivity index (χ1) is 14.1. The number of benzene rings is 2. The highest BCUT2D eigenvalue weighted by molar-refractivity contribution is 6.31. The molecule has 1 aromatic heterocycles. The molecule has 0 atom stereocenters. The van der Waals surface area contributed by atoms with Gasteiger partial charge in [0.15, 0.2) is 5.82 Å². The fourth-order valence-corrected chi connectivity index (χ4v) is 3.90. The van der Waals surface area contributed by atoms with Gasteiger partial charge in [0.25, 0.3) is 0 Å². The van der Waals surface area contributed by atoms with Crippen LogP contribution in [0, 0.1) is 5.82 Å². The predicted octanol–water partition coefficient (Wildman–Crippen LogP) is 4.36. The average Bonchev–Trinajstić information content (AvgIpc) is 2.76. The maximum Gasteiger partial charge on any atom is 0.165 e. The quantitative estimate of drug-likeness (QED) is 0.645. The van der Waals surface area contributed by atoms with Gasteiger partial charge in [0.2, 0.25) is 0 Å². The molecule has 0 aliphatic carbocycles. The van der Waals surface area contributed by atoms with E-state index in [-0.39, 0.29) is 10.7 Å². The molecule has 1 aliphatic heterocycles. The van der Waals surface area contributed by atoms with Crippen molar-refractivity contribution >= 4 is 39.7 Å². The smallest absolute Gasteiger partial charge is 0.165 e. The molecule has 3 aromatic rings. The number of fused-ring (bicyclic) bond motifs is 1. The van der Waals surface area contributed by atoms with Gasteiger partial charge < -0.3 is 20.3 Å². The molecule has 152 valence electrons. The number of hydrogen-bond donors (Lipinski definition) is 2. The van der Waals surface area contributed by atoms with Crippen LogP contribution in [0.2, 0.25) is 5.02 Å². The maximum absolute atomic E-state index is 14.4. The summed E-state index contributed by atoms with van der Waals surface area (Å²) in [4.78, 5) is 11.0. The van der Waals surface area contributed by atoms with Crippen molar-refractivity contribution in [2.24, 2.45) is 0 Å². The molecule has 4 rings (SSSR count). The van der Waals surface area contributed by atoms with Crippen LogP contribution in [0.25, 0.3) is 10.9 Å². The van der Waals surface area contributed by atoms with E-state index in [1.165, 1.54) is 12.4 Å². The van der Waals surface area contributed by atoms with Gasteiger partial charge in [-0.05, 0) is 44.1 Å². The Kier molecular flexibility index (Phi) is 5.69. The van der Waals surface area contributed by atoms with Gasteiger partial charge >= 0.3 is 0 Å². The molecule has 2 N–H and O–H groups in total. The summed E-state index contributed by atoms with van der Waals surface area (Å²) in [5, 5.41) is 7.29. The standard InChI is InChI=1S/C21H23ClFN5O/c1-28(13-6-8-24-9-7-13)18-10-14-17(11-19(18)29-2)25-12-26-21(14)27-16-5-3-4-15(22)20(16)23/h3-5,10-13,24H,6-9H2,1-2H3,(H,25,26,27). The van der Waals surface area contributed by atoms with Crippen LogP contribution < -0.4 is 20.3 Å². The van der Waals surface area contributed by atoms with Crippen molar-refractivity contribution in [2.75, 3.05) is 37.5 Å². The first kappa shape index (κ1) is 19.7. The van der Waals surface area contributed by atoms with Crippen LogP contribution in [0.1, 0.15) is 12.8 Å². The Morgan fingerprint density at radius 1 is 1.24 bits per heavy atom. The van der Waals surface area contributed by atoms with Gasteiger partial charge in [-0.3, -0.25) is 0 Å². The van der Waals surface area contributed by atoms with Gasteiger partial charge in [-0.2, -0.15) is 0 Å². The fraction of sp³-hybridized carbons (Fsp3) is 0.333. The number of hydrogen-bond acceptors (Lipinski definition) is 6. The summed E-state index contributed by atoms with van der Waals surface area (Å²) in [5.41, 5.74) is 1.93. The minimum Gasteiger partial charge on any atom is -0.495 e. The average molecular weight is 416 g/mol. The van der Waals surface area contributed by atoms with E-state index < -0.39 is 5.82 Å². The maximum atomic E-state index is 14.4. The van der Waals surface area contributed by atoms with E-state index in [1.54, 1.807) is 19.2 Å². The molecule has 2 heterocycles. The molecule has 0 radical (unpaired) electrons. The van der Waals surface area contributed by atoms with Crippen molar-refractivity contribution in [3.8, 4) is 5.75 Å². The lowest BCUT2D eigenvalue weighted by atomic mass is 10.0. The van der Waals surface area contributed by atoms with Crippen molar-refractivity contribution in [1.29, 1.82) is 0 Å². The van der Waals surface area contributed by atoms with Crippen molar-refractivity contribution in [1.82, 2.24) is 15.3 Å². The van der Waals surface area contributed by atoms with E-state index in [0.717, 1.165) is 42.8 Å². The summed E-state index contributed by atoms with van der Waals surface area (Å²) in [5.74, 6) is 0.748. The lowest BCUT2D eigenvalue weighted by molar-refractivity contribution is 0.406. The first-order valence-electron chi connectivity index (χ1n) is 9.56. The Morgan fingerprint density at radius 2 is 2.03 bits per heavy atom. The summed E-state index contributed by atoms with van der Waals surface area (Å²) in [6.07, 6.45) is 3.56. The summed E-state index contributed by atoms with van der Waals surface area (Å²) < 4.78 is 20.0. The molecular weight excluding hydrogens is 393 g/mol. The molecule has 0 spiro atoms. The zero-order valence-corrected chi connectivity index (χ0v) is 17.1. The third kappa shape index (κ3) is 3.93. The fourth-order valence-electron chi connectivity index (χ4n) is 3.73. The normalized spacial score (nSPS) is 14.8. The Hall–Kier alpha value is -2.64. The van der Waals surface area contributed by atoms with Crippen molar-refractivity contribution in [3.05, 3.63) is 47.5 Å². The summed E-state index contributed by atoms with van der Waals surface area (Å²) >= 11 is 5.91. The highest BCUT2D eigenvalue weighted by Gasteiger charge is 2.22. The van der Waals surface area contributed by atoms with Gasteiger partial charge in [-0.1, -0.05) is 17.7 Å². The molecule has 29 heavy (non-hydrogen) atoms. The molecule has 1 fully saturated rings. The lowest BCUT2D eigenvalue weighted by Gasteiger charge is -2.34. The SMILES string of the molecule is COc1cc2ncnc(Nc3cccc(Cl)c3F)c2cc1N(C)C1CCNCC1. The van der Waals surface area contributed by atoms with E-state index >= 15 is 0 Å². The second kappa shape index (κ2) is 8.39. The van der Waals surface area contributed by atoms with E-state index in [0.29, 0.717) is 17.4 Å². The van der Waals surface area contributed by atoms with Crippen LogP contribution in [0.4, 0.5) is 21.6 Å². The topological polar surface area (TPSA) is 62.3 Å². The number of halogens is 2. The van der Waals surface area contributed by atoms with Gasteiger partial charge in [0.1, 0.15) is 17.9 Å². The monoisotopic (exact) mass is 415 g/mol. The molecule has 0 bridgehead atoms. The molecule has 1 saturated heterocycles. The highest BCUT2D eigenvalue weighted by Crippen LogP contribution is 2.37. The Labute approximate surface area is 174 Å². The van der Waals surface area contributed by atoms with Gasteiger partial charge in [0, 0.05) is 24.5 Å². The Bertz CT molecular complexity index is 1030. The van der Waals surface area contributed by atoms with Crippen LogP contribution in [-0.4, -0.2) is 43.3 Å². The molecule has 2 aromatic carbocycles. The van der Waals surface area contributed by atoms with Gasteiger partial charge in [-0.15, -0.1) is 0 Å². The van der Waals surface area contributed by atoms with Crippen LogP contribution >= 0.6 is 11.6 Å². The van der Waals surface area contributed by atoms with Crippen molar-refractivity contribution in [3.63, 3.8) is 0 Å². The third-order valence-electron chi connectivity index (χ3n) is 5.38. The molecule has 0 saturated carbocycles. The van der Waals surface area contributed by atoms with Gasteiger partial charge in [-0.25, -0.2) is 14.4 Å². The Balaban J connectivity index is 1.77. The number of nitrogens with one attached hydrogen (secondary N) is 2. The third-order valence-corrected chi connectivity index (χ3v) is 5.67. The van der Waals surface area contributed by atoms with E-state index in [9.17, 15) is 4.39 Å². The largest absolute Gasteiger partial charge is 0.495 e. The zero-order valence-electron chi connectivity index (χ0n) is 16.4. The number of ether oxygens (including phenoxy) is 1. The van der Waals surface area contributed by atoms with Gasteiger partial charge in [0.05, 0.1) is 29.0 Å². The van der Waals surface area contributed by atoms with Crippen LogP contribution in [0.15, 0.2) is 36.7 Å². The zero-order chi connectivity index (χ0) is 20.4. The van der Waals surface area contributed by atoms with Crippen molar-refractivity contribution in [2.45, 2.75) is 18.9 Å². The molecule has 0 amide bonds. The molecule has 6 nitrogen and oxygen atoms in total. The summed E-state index contributed by atoms with van der Waals surface area (Å²) in [6.45, 7) is 1.99. The molecule has 8 heteroatoms. The molecule has 1 aliphatic rings. The number of methoxy groups -OCH3 is 1. The minimum absolute atomic E-state index is 0.0568. The molecular formula is C21H23ClFN5O. The highest BCUT2D eigenvalue weighted by atomic mass is 35.5. The second-order valence-electron chi connectivity index (χ2n) is 7.08. The van der Waals surface area contributed by atoms with E-state index in [2.05, 4.69) is 32.5 Å². The predicted molar refractivity (Wildman–Crippen MR) is 115 cm³/mol. The number of nitrogens with zero attached hydrogens (tertiary/aromatic N) is 3. The van der Waals surface area contributed by atoms with E-state index in [1.807, 2.05) is 12.1 Å². The minimum atomic E-state index is -0.513. The second-order valence-corrected chi connectivity index (χ2v) is 7.49. The first-order valence-corrected chi connectivity index (χ1v) is 9.93. The number of piperidine rings is 1. The van der Waals surface area contributed by atoms with Crippen LogP contribution in [-0.2, 0) is 0 Å².